The van der Waals surface area contributed by atoms with Gasteiger partial charge in [0.1, 0.15) is 11.5 Å². The van der Waals surface area contributed by atoms with Gasteiger partial charge in [-0.25, -0.2) is 4.98 Å². The lowest BCUT2D eigenvalue weighted by atomic mass is 9.91. The van der Waals surface area contributed by atoms with Gasteiger partial charge in [0.2, 0.25) is 0 Å². The van der Waals surface area contributed by atoms with Gasteiger partial charge in [0, 0.05) is 16.3 Å². The summed E-state index contributed by atoms with van der Waals surface area (Å²) in [6.07, 6.45) is 0. The minimum atomic E-state index is -0.562. The molecule has 0 radical (unpaired) electrons. The van der Waals surface area contributed by atoms with Gasteiger partial charge >= 0.3 is 0 Å². The summed E-state index contributed by atoms with van der Waals surface area (Å²) in [6, 6.07) is 9.67. The molecule has 1 heterocycles. The Kier molecular flexibility index (Phi) is 2.57. The van der Waals surface area contributed by atoms with Gasteiger partial charge in [-0.1, -0.05) is 24.3 Å². The number of fused-ring (bicyclic) bond motifs is 2. The number of aromatic nitrogens is 1. The highest BCUT2D eigenvalue weighted by Gasteiger charge is 2.22. The second-order valence-corrected chi connectivity index (χ2v) is 5.48. The van der Waals surface area contributed by atoms with E-state index in [9.17, 15) is 19.8 Å². The molecule has 2 aromatic carbocycles. The van der Waals surface area contributed by atoms with Crippen molar-refractivity contribution in [2.75, 3.05) is 0 Å². The monoisotopic (exact) mass is 305 g/mol. The van der Waals surface area contributed by atoms with E-state index in [4.69, 9.17) is 0 Å². The van der Waals surface area contributed by atoms with E-state index in [1.807, 2.05) is 0 Å². The summed E-state index contributed by atoms with van der Waals surface area (Å²) in [4.78, 5) is 28.6. The van der Waals surface area contributed by atoms with Crippen LogP contribution in [0.1, 0.15) is 6.92 Å². The lowest BCUT2D eigenvalue weighted by molar-refractivity contribution is 0.487. The van der Waals surface area contributed by atoms with Crippen molar-refractivity contribution in [3.8, 4) is 17.0 Å². The highest BCUT2D eigenvalue weighted by molar-refractivity contribution is 6.17. The Balaban J connectivity index is 2.60. The minimum absolute atomic E-state index is 0.0595. The Morgan fingerprint density at radius 1 is 1.00 bits per heavy atom. The third kappa shape index (κ3) is 1.64. The molecule has 0 fully saturated rings. The summed E-state index contributed by atoms with van der Waals surface area (Å²) in [6.45, 7) is 1.41. The van der Waals surface area contributed by atoms with Crippen molar-refractivity contribution in [3.05, 3.63) is 62.2 Å². The van der Waals surface area contributed by atoms with Crippen molar-refractivity contribution in [2.24, 2.45) is 0 Å². The maximum atomic E-state index is 12.3. The molecule has 112 valence electrons. The maximum absolute atomic E-state index is 12.3. The van der Waals surface area contributed by atoms with Crippen LogP contribution in [0.2, 0.25) is 0 Å². The summed E-state index contributed by atoms with van der Waals surface area (Å²) in [5, 5.41) is 22.2. The van der Waals surface area contributed by atoms with Crippen LogP contribution in [-0.2, 0) is 0 Å². The zero-order chi connectivity index (χ0) is 16.3. The molecule has 0 bridgehead atoms. The standard InChI is InChI=1S/C18H11NO4/c1-8(20)13-14-9-4-2-3-5-10(9)17(22)16-12(21)7-6-11(15(14)16)19-18(13)23/h2-7,20,22H,1H3. The molecule has 1 aliphatic heterocycles. The van der Waals surface area contributed by atoms with Crippen LogP contribution in [-0.4, -0.2) is 15.2 Å². The van der Waals surface area contributed by atoms with E-state index in [0.717, 1.165) is 0 Å². The van der Waals surface area contributed by atoms with Crippen LogP contribution in [0.15, 0.2) is 46.0 Å². The highest BCUT2D eigenvalue weighted by Crippen LogP contribution is 2.39. The van der Waals surface area contributed by atoms with Crippen LogP contribution >= 0.6 is 0 Å². The number of aromatic hydroxyl groups is 1. The lowest BCUT2D eigenvalue weighted by Gasteiger charge is -2.15. The van der Waals surface area contributed by atoms with E-state index in [1.54, 1.807) is 24.3 Å². The Hall–Kier alpha value is -3.21. The molecule has 1 aliphatic carbocycles. The lowest BCUT2D eigenvalue weighted by Crippen LogP contribution is -2.32. The van der Waals surface area contributed by atoms with Crippen molar-refractivity contribution in [1.82, 2.24) is 4.98 Å². The second kappa shape index (κ2) is 4.39. The Morgan fingerprint density at radius 3 is 2.39 bits per heavy atom. The van der Waals surface area contributed by atoms with Crippen molar-refractivity contribution < 1.29 is 10.2 Å². The molecule has 2 aliphatic rings. The van der Waals surface area contributed by atoms with Crippen molar-refractivity contribution in [2.45, 2.75) is 6.92 Å². The number of hydrogen-bond acceptors (Lipinski definition) is 5. The van der Waals surface area contributed by atoms with E-state index >= 15 is 0 Å². The number of aliphatic hydroxyl groups is 1. The molecule has 0 aromatic heterocycles. The molecular formula is C18H11NO4. The van der Waals surface area contributed by atoms with E-state index in [-0.39, 0.29) is 27.5 Å². The largest absolute Gasteiger partial charge is 0.512 e. The number of rotatable bonds is 0. The molecule has 5 heteroatoms. The van der Waals surface area contributed by atoms with Crippen LogP contribution in [0.25, 0.3) is 38.6 Å². The van der Waals surface area contributed by atoms with Gasteiger partial charge in [0.05, 0.1) is 16.3 Å². The quantitative estimate of drug-likeness (QED) is 0.382. The predicted octanol–water partition coefficient (Wildman–Crippen LogP) is 1.76. The molecule has 2 N–H and O–H groups in total. The van der Waals surface area contributed by atoms with Crippen molar-refractivity contribution >= 4 is 27.3 Å². The Bertz CT molecular complexity index is 1230. The fourth-order valence-electron chi connectivity index (χ4n) is 3.20. The molecule has 23 heavy (non-hydrogen) atoms. The number of aliphatic hydroxyl groups excluding tert-OH is 1. The first-order chi connectivity index (χ1) is 11.0. The van der Waals surface area contributed by atoms with Gasteiger partial charge in [-0.3, -0.25) is 9.59 Å². The Morgan fingerprint density at radius 2 is 1.70 bits per heavy atom. The number of phenols is 1. The molecule has 0 spiro atoms. The van der Waals surface area contributed by atoms with Crippen LogP contribution < -0.4 is 16.2 Å². The van der Waals surface area contributed by atoms with Crippen molar-refractivity contribution in [3.63, 3.8) is 0 Å². The summed E-state index contributed by atoms with van der Waals surface area (Å²) in [7, 11) is 0. The summed E-state index contributed by atoms with van der Waals surface area (Å²) in [5.74, 6) is -0.302. The van der Waals surface area contributed by atoms with Gasteiger partial charge in [-0.15, -0.1) is 0 Å². The molecule has 4 rings (SSSR count). The SMILES string of the molecule is CC(O)=c1c(=O)nc2ccc(=O)c3c(O)c4ccccc4c1c3-2. The van der Waals surface area contributed by atoms with Gasteiger partial charge in [0.15, 0.2) is 5.43 Å². The van der Waals surface area contributed by atoms with Gasteiger partial charge in [-0.05, 0) is 24.4 Å². The zero-order valence-electron chi connectivity index (χ0n) is 12.1. The average Bonchev–Trinajstić information content (AvgIpc) is 2.52. The molecule has 5 nitrogen and oxygen atoms in total. The number of hydrogen-bond donors (Lipinski definition) is 2. The Labute approximate surface area is 129 Å². The van der Waals surface area contributed by atoms with Crippen molar-refractivity contribution in [1.29, 1.82) is 0 Å². The normalized spacial score (nSPS) is 13.1. The summed E-state index contributed by atoms with van der Waals surface area (Å²) in [5.41, 5.74) is -0.191. The van der Waals surface area contributed by atoms with E-state index < -0.39 is 5.56 Å². The summed E-state index contributed by atoms with van der Waals surface area (Å²) < 4.78 is 0. The van der Waals surface area contributed by atoms with Crippen LogP contribution in [0.3, 0.4) is 0 Å². The summed E-state index contributed by atoms with van der Waals surface area (Å²) >= 11 is 0. The second-order valence-electron chi connectivity index (χ2n) is 5.48. The third-order valence-corrected chi connectivity index (χ3v) is 4.13. The molecule has 0 unspecified atom stereocenters. The average molecular weight is 305 g/mol. The number of pyridine rings is 1. The first kappa shape index (κ1) is 13.5. The maximum Gasteiger partial charge on any atom is 0.281 e. The fraction of sp³-hybridized carbons (Fsp3) is 0.0556. The molecule has 0 amide bonds. The number of phenolic OH excluding ortho intramolecular Hbond substituents is 1. The molecule has 0 saturated heterocycles. The van der Waals surface area contributed by atoms with Crippen LogP contribution in [0, 0.1) is 0 Å². The molecule has 0 atom stereocenters. The van der Waals surface area contributed by atoms with Gasteiger partial charge in [-0.2, -0.15) is 0 Å². The predicted molar refractivity (Wildman–Crippen MR) is 88.2 cm³/mol. The first-order valence-electron chi connectivity index (χ1n) is 7.04. The van der Waals surface area contributed by atoms with Crippen LogP contribution in [0.4, 0.5) is 0 Å². The van der Waals surface area contributed by atoms with E-state index in [2.05, 4.69) is 4.98 Å². The minimum Gasteiger partial charge on any atom is -0.512 e. The fourth-order valence-corrected chi connectivity index (χ4v) is 3.20. The molecule has 2 aromatic rings. The first-order valence-corrected chi connectivity index (χ1v) is 7.04. The van der Waals surface area contributed by atoms with Gasteiger partial charge < -0.3 is 10.2 Å². The topological polar surface area (TPSA) is 87.5 Å². The van der Waals surface area contributed by atoms with Gasteiger partial charge in [0.25, 0.3) is 5.56 Å². The smallest absolute Gasteiger partial charge is 0.281 e. The molecule has 0 saturated carbocycles. The van der Waals surface area contributed by atoms with E-state index in [1.165, 1.54) is 19.1 Å². The zero-order valence-corrected chi connectivity index (χ0v) is 12.1. The third-order valence-electron chi connectivity index (χ3n) is 4.13. The highest BCUT2D eigenvalue weighted by atomic mass is 16.3. The number of nitrogens with zero attached hydrogens (tertiary/aromatic N) is 1. The molecular weight excluding hydrogens is 294 g/mol. The van der Waals surface area contributed by atoms with Crippen LogP contribution in [0.5, 0.6) is 5.75 Å². The van der Waals surface area contributed by atoms with E-state index in [0.29, 0.717) is 27.4 Å². The number of benzene rings is 3.